The van der Waals surface area contributed by atoms with E-state index in [0.29, 0.717) is 30.3 Å². The summed E-state index contributed by atoms with van der Waals surface area (Å²) in [6, 6.07) is 5.54. The molecule has 0 radical (unpaired) electrons. The zero-order chi connectivity index (χ0) is 14.3. The molecule has 0 spiro atoms. The van der Waals surface area contributed by atoms with Crippen molar-refractivity contribution in [2.45, 2.75) is 32.4 Å². The van der Waals surface area contributed by atoms with E-state index >= 15 is 0 Å². The van der Waals surface area contributed by atoms with Gasteiger partial charge in [-0.2, -0.15) is 0 Å². The van der Waals surface area contributed by atoms with Gasteiger partial charge in [0, 0.05) is 23.1 Å². The van der Waals surface area contributed by atoms with Crippen LogP contribution in [0, 0.1) is 5.41 Å². The number of carbonyl (C=O) groups is 1. The van der Waals surface area contributed by atoms with Crippen LogP contribution >= 0.6 is 0 Å². The van der Waals surface area contributed by atoms with Crippen LogP contribution in [0.1, 0.15) is 30.6 Å². The molecule has 5 heteroatoms. The molecule has 2 aliphatic rings. The summed E-state index contributed by atoms with van der Waals surface area (Å²) in [4.78, 5) is 12.3. The molecule has 1 fully saturated rings. The molecule has 3 rings (SSSR count). The van der Waals surface area contributed by atoms with Crippen molar-refractivity contribution in [2.75, 3.05) is 13.2 Å². The number of fused-ring (bicyclic) bond motifs is 1. The molecule has 1 aliphatic heterocycles. The van der Waals surface area contributed by atoms with Gasteiger partial charge in [0.25, 0.3) is 5.91 Å². The minimum absolute atomic E-state index is 0.0521. The van der Waals surface area contributed by atoms with E-state index in [-0.39, 0.29) is 23.4 Å². The average Bonchev–Trinajstić information content (AvgIpc) is 2.46. The maximum Gasteiger partial charge on any atom is 0.251 e. The zero-order valence-corrected chi connectivity index (χ0v) is 11.8. The second-order valence-corrected chi connectivity index (χ2v) is 6.05. The second-order valence-electron chi connectivity index (χ2n) is 6.05. The number of nitrogens with one attached hydrogen (secondary N) is 1. The molecule has 0 saturated heterocycles. The van der Waals surface area contributed by atoms with Crippen LogP contribution in [0.2, 0.25) is 0 Å². The first-order valence-electron chi connectivity index (χ1n) is 6.94. The minimum Gasteiger partial charge on any atom is -0.486 e. The van der Waals surface area contributed by atoms with E-state index in [4.69, 9.17) is 15.2 Å². The summed E-state index contributed by atoms with van der Waals surface area (Å²) in [6.07, 6.45) is 0.823. The Hall–Kier alpha value is -1.75. The second kappa shape index (κ2) is 4.66. The Kier molecular flexibility index (Phi) is 3.09. The zero-order valence-electron chi connectivity index (χ0n) is 11.8. The third kappa shape index (κ3) is 2.12. The van der Waals surface area contributed by atoms with Crippen molar-refractivity contribution < 1.29 is 14.3 Å². The first-order chi connectivity index (χ1) is 9.48. The molecular formula is C15H20N2O3. The average molecular weight is 276 g/mol. The lowest BCUT2D eigenvalue weighted by molar-refractivity contribution is 0.0586. The Morgan fingerprint density at radius 3 is 2.65 bits per heavy atom. The lowest BCUT2D eigenvalue weighted by Crippen LogP contribution is -2.64. The Morgan fingerprint density at radius 2 is 2.00 bits per heavy atom. The minimum atomic E-state index is -0.0908. The van der Waals surface area contributed by atoms with E-state index in [2.05, 4.69) is 19.2 Å². The fourth-order valence-corrected chi connectivity index (χ4v) is 2.63. The molecule has 108 valence electrons. The van der Waals surface area contributed by atoms with E-state index in [9.17, 15) is 4.79 Å². The quantitative estimate of drug-likeness (QED) is 0.854. The lowest BCUT2D eigenvalue weighted by atomic mass is 9.63. The van der Waals surface area contributed by atoms with Gasteiger partial charge in [0.1, 0.15) is 13.2 Å². The van der Waals surface area contributed by atoms with Gasteiger partial charge in [0.2, 0.25) is 0 Å². The van der Waals surface area contributed by atoms with Gasteiger partial charge >= 0.3 is 0 Å². The SMILES string of the molecule is CC1(C)C(N)CC1NC(=O)c1ccc2c(c1)OCCO2. The van der Waals surface area contributed by atoms with E-state index in [1.165, 1.54) is 0 Å². The molecular weight excluding hydrogens is 256 g/mol. The maximum atomic E-state index is 12.3. The Balaban J connectivity index is 1.72. The smallest absolute Gasteiger partial charge is 0.251 e. The normalized spacial score (nSPS) is 26.6. The summed E-state index contributed by atoms with van der Waals surface area (Å²) >= 11 is 0. The standard InChI is InChI=1S/C15H20N2O3/c1-15(2)12(16)8-13(15)17-14(18)9-3-4-10-11(7-9)20-6-5-19-10/h3-4,7,12-13H,5-6,8,16H2,1-2H3,(H,17,18). The topological polar surface area (TPSA) is 73.6 Å². The molecule has 1 aliphatic carbocycles. The molecule has 5 nitrogen and oxygen atoms in total. The summed E-state index contributed by atoms with van der Waals surface area (Å²) in [7, 11) is 0. The van der Waals surface area contributed by atoms with Gasteiger partial charge < -0.3 is 20.5 Å². The van der Waals surface area contributed by atoms with E-state index in [1.54, 1.807) is 18.2 Å². The van der Waals surface area contributed by atoms with Crippen LogP contribution in [-0.4, -0.2) is 31.2 Å². The highest BCUT2D eigenvalue weighted by atomic mass is 16.6. The van der Waals surface area contributed by atoms with Crippen molar-refractivity contribution in [2.24, 2.45) is 11.1 Å². The van der Waals surface area contributed by atoms with Crippen LogP contribution in [0.3, 0.4) is 0 Å². The van der Waals surface area contributed by atoms with Gasteiger partial charge in [-0.3, -0.25) is 4.79 Å². The van der Waals surface area contributed by atoms with Crippen molar-refractivity contribution >= 4 is 5.91 Å². The first-order valence-corrected chi connectivity index (χ1v) is 6.94. The third-order valence-electron chi connectivity index (χ3n) is 4.45. The van der Waals surface area contributed by atoms with E-state index in [0.717, 1.165) is 6.42 Å². The molecule has 1 aromatic carbocycles. The molecule has 1 amide bonds. The van der Waals surface area contributed by atoms with Crippen LogP contribution in [0.15, 0.2) is 18.2 Å². The number of amides is 1. The largest absolute Gasteiger partial charge is 0.486 e. The van der Waals surface area contributed by atoms with Crippen LogP contribution in [0.25, 0.3) is 0 Å². The van der Waals surface area contributed by atoms with Gasteiger partial charge in [-0.1, -0.05) is 13.8 Å². The first kappa shape index (κ1) is 13.2. The van der Waals surface area contributed by atoms with E-state index < -0.39 is 0 Å². The molecule has 1 aromatic rings. The summed E-state index contributed by atoms with van der Waals surface area (Å²) in [5.74, 6) is 1.24. The lowest BCUT2D eigenvalue weighted by Gasteiger charge is -2.50. The van der Waals surface area contributed by atoms with Gasteiger partial charge in [0.15, 0.2) is 11.5 Å². The van der Waals surface area contributed by atoms with Crippen molar-refractivity contribution in [1.82, 2.24) is 5.32 Å². The summed E-state index contributed by atoms with van der Waals surface area (Å²) in [5, 5.41) is 3.04. The number of hydrogen-bond acceptors (Lipinski definition) is 4. The highest BCUT2D eigenvalue weighted by Crippen LogP contribution is 2.39. The monoisotopic (exact) mass is 276 g/mol. The fourth-order valence-electron chi connectivity index (χ4n) is 2.63. The van der Waals surface area contributed by atoms with Crippen LogP contribution in [0.4, 0.5) is 0 Å². The van der Waals surface area contributed by atoms with Crippen molar-refractivity contribution in [3.8, 4) is 11.5 Å². The van der Waals surface area contributed by atoms with Crippen molar-refractivity contribution in [3.05, 3.63) is 23.8 Å². The molecule has 1 heterocycles. The summed E-state index contributed by atoms with van der Waals surface area (Å²) in [6.45, 7) is 5.22. The van der Waals surface area contributed by atoms with Crippen LogP contribution < -0.4 is 20.5 Å². The molecule has 3 N–H and O–H groups in total. The fraction of sp³-hybridized carbons (Fsp3) is 0.533. The number of nitrogens with two attached hydrogens (primary N) is 1. The summed E-state index contributed by atoms with van der Waals surface area (Å²) in [5.41, 5.74) is 6.50. The number of rotatable bonds is 2. The predicted octanol–water partition coefficient (Wildman–Crippen LogP) is 1.31. The number of carbonyl (C=O) groups excluding carboxylic acids is 1. The molecule has 20 heavy (non-hydrogen) atoms. The number of benzene rings is 1. The third-order valence-corrected chi connectivity index (χ3v) is 4.45. The molecule has 2 unspecified atom stereocenters. The van der Waals surface area contributed by atoms with Gasteiger partial charge in [-0.15, -0.1) is 0 Å². The van der Waals surface area contributed by atoms with E-state index in [1.807, 2.05) is 0 Å². The molecule has 0 aromatic heterocycles. The van der Waals surface area contributed by atoms with Gasteiger partial charge in [0.05, 0.1) is 0 Å². The predicted molar refractivity (Wildman–Crippen MR) is 75.1 cm³/mol. The molecule has 0 bridgehead atoms. The maximum absolute atomic E-state index is 12.3. The highest BCUT2D eigenvalue weighted by Gasteiger charge is 2.46. The Morgan fingerprint density at radius 1 is 1.30 bits per heavy atom. The van der Waals surface area contributed by atoms with Crippen molar-refractivity contribution in [1.29, 1.82) is 0 Å². The van der Waals surface area contributed by atoms with Crippen LogP contribution in [-0.2, 0) is 0 Å². The van der Waals surface area contributed by atoms with Crippen molar-refractivity contribution in [3.63, 3.8) is 0 Å². The highest BCUT2D eigenvalue weighted by molar-refractivity contribution is 5.95. The van der Waals surface area contributed by atoms with Gasteiger partial charge in [-0.05, 0) is 24.6 Å². The Labute approximate surface area is 118 Å². The number of ether oxygens (including phenoxy) is 2. The Bertz CT molecular complexity index is 542. The number of hydrogen-bond donors (Lipinski definition) is 2. The van der Waals surface area contributed by atoms with Gasteiger partial charge in [-0.25, -0.2) is 0 Å². The van der Waals surface area contributed by atoms with Crippen LogP contribution in [0.5, 0.6) is 11.5 Å². The molecule has 2 atom stereocenters. The summed E-state index contributed by atoms with van der Waals surface area (Å²) < 4.78 is 10.9. The molecule has 1 saturated carbocycles.